The average molecular weight is 253 g/mol. The van der Waals surface area contributed by atoms with Crippen LogP contribution >= 0.6 is 11.6 Å². The quantitative estimate of drug-likeness (QED) is 0.866. The van der Waals surface area contributed by atoms with Crippen molar-refractivity contribution in [3.63, 3.8) is 0 Å². The Bertz CT molecular complexity index is 378. The van der Waals surface area contributed by atoms with E-state index < -0.39 is 0 Å². The predicted octanol–water partition coefficient (Wildman–Crippen LogP) is 3.54. The molecular weight excluding hydrogens is 232 g/mol. The highest BCUT2D eigenvalue weighted by Crippen LogP contribution is 2.27. The molecule has 0 spiro atoms. The second-order valence-corrected chi connectivity index (χ2v) is 5.39. The summed E-state index contributed by atoms with van der Waals surface area (Å²) in [5.74, 6) is 0. The van der Waals surface area contributed by atoms with Crippen LogP contribution in [0.3, 0.4) is 0 Å². The Hall–Kier alpha value is -0.730. The fourth-order valence-corrected chi connectivity index (χ4v) is 2.54. The van der Waals surface area contributed by atoms with Gasteiger partial charge >= 0.3 is 0 Å². The summed E-state index contributed by atoms with van der Waals surface area (Å²) in [5.41, 5.74) is 2.23. The summed E-state index contributed by atoms with van der Waals surface area (Å²) < 4.78 is 0. The van der Waals surface area contributed by atoms with E-state index in [1.165, 1.54) is 32.4 Å². The molecule has 0 amide bonds. The van der Waals surface area contributed by atoms with Gasteiger partial charge in [-0.05, 0) is 58.0 Å². The molecule has 0 aromatic heterocycles. The number of aryl methyl sites for hydroxylation is 1. The third-order valence-electron chi connectivity index (χ3n) is 3.50. The second kappa shape index (κ2) is 5.74. The van der Waals surface area contributed by atoms with Crippen molar-refractivity contribution in [3.05, 3.63) is 28.8 Å². The number of likely N-dealkylation sites (tertiary alicyclic amines) is 1. The molecule has 0 bridgehead atoms. The molecule has 1 unspecified atom stereocenters. The Kier molecular flexibility index (Phi) is 4.30. The van der Waals surface area contributed by atoms with Crippen molar-refractivity contribution in [2.45, 2.75) is 32.2 Å². The highest BCUT2D eigenvalue weighted by Gasteiger charge is 2.15. The molecule has 2 nitrogen and oxygen atoms in total. The van der Waals surface area contributed by atoms with Crippen LogP contribution in [0.2, 0.25) is 5.02 Å². The second-order valence-electron chi connectivity index (χ2n) is 5.01. The van der Waals surface area contributed by atoms with E-state index in [4.69, 9.17) is 11.6 Å². The Morgan fingerprint density at radius 1 is 1.29 bits per heavy atom. The zero-order valence-corrected chi connectivity index (χ0v) is 11.4. The molecule has 2 rings (SSSR count). The first kappa shape index (κ1) is 12.7. The molecule has 17 heavy (non-hydrogen) atoms. The maximum Gasteiger partial charge on any atom is 0.0666 e. The van der Waals surface area contributed by atoms with Gasteiger partial charge in [0.2, 0.25) is 0 Å². The molecule has 0 radical (unpaired) electrons. The van der Waals surface area contributed by atoms with Crippen LogP contribution in [0.15, 0.2) is 18.2 Å². The maximum atomic E-state index is 6.31. The molecule has 1 atom stereocenters. The van der Waals surface area contributed by atoms with Gasteiger partial charge in [-0.15, -0.1) is 0 Å². The molecular formula is C14H21ClN2. The first-order chi connectivity index (χ1) is 8.16. The number of nitrogens with one attached hydrogen (secondary N) is 1. The molecule has 0 saturated carbocycles. The van der Waals surface area contributed by atoms with Crippen LogP contribution in [0.1, 0.15) is 24.8 Å². The van der Waals surface area contributed by atoms with Crippen LogP contribution in [-0.2, 0) is 0 Å². The highest BCUT2D eigenvalue weighted by atomic mass is 35.5. The summed E-state index contributed by atoms with van der Waals surface area (Å²) in [6.07, 6.45) is 3.69. The summed E-state index contributed by atoms with van der Waals surface area (Å²) in [5, 5.41) is 4.46. The van der Waals surface area contributed by atoms with E-state index in [1.54, 1.807) is 0 Å². The predicted molar refractivity (Wildman–Crippen MR) is 74.9 cm³/mol. The van der Waals surface area contributed by atoms with Gasteiger partial charge in [0.15, 0.2) is 0 Å². The minimum absolute atomic E-state index is 0.555. The molecule has 1 heterocycles. The van der Waals surface area contributed by atoms with Crippen LogP contribution in [0.25, 0.3) is 0 Å². The lowest BCUT2D eigenvalue weighted by molar-refractivity contribution is 0.348. The van der Waals surface area contributed by atoms with Crippen LogP contribution in [0.4, 0.5) is 5.69 Å². The van der Waals surface area contributed by atoms with Crippen molar-refractivity contribution >= 4 is 17.3 Å². The van der Waals surface area contributed by atoms with Gasteiger partial charge in [-0.3, -0.25) is 0 Å². The molecule has 1 N–H and O–H groups in total. The largest absolute Gasteiger partial charge is 0.381 e. The van der Waals surface area contributed by atoms with Crippen molar-refractivity contribution in [3.8, 4) is 0 Å². The minimum atomic E-state index is 0.555. The number of benzene rings is 1. The average Bonchev–Trinajstić information content (AvgIpc) is 2.50. The van der Waals surface area contributed by atoms with E-state index in [2.05, 4.69) is 29.4 Å². The van der Waals surface area contributed by atoms with Crippen LogP contribution in [-0.4, -0.2) is 31.1 Å². The Labute approximate surface area is 109 Å². The van der Waals surface area contributed by atoms with E-state index in [-0.39, 0.29) is 0 Å². The van der Waals surface area contributed by atoms with E-state index >= 15 is 0 Å². The molecule has 1 fully saturated rings. The van der Waals surface area contributed by atoms with Gasteiger partial charge in [0.25, 0.3) is 0 Å². The first-order valence-electron chi connectivity index (χ1n) is 6.37. The van der Waals surface area contributed by atoms with Gasteiger partial charge < -0.3 is 10.2 Å². The molecule has 1 saturated heterocycles. The van der Waals surface area contributed by atoms with Crippen molar-refractivity contribution in [2.75, 3.05) is 25.5 Å². The van der Waals surface area contributed by atoms with Crippen LogP contribution < -0.4 is 5.32 Å². The monoisotopic (exact) mass is 252 g/mol. The highest BCUT2D eigenvalue weighted by molar-refractivity contribution is 6.34. The van der Waals surface area contributed by atoms with Gasteiger partial charge in [0, 0.05) is 6.04 Å². The molecule has 3 heteroatoms. The number of nitrogens with zero attached hydrogens (tertiary/aromatic N) is 1. The third-order valence-corrected chi connectivity index (χ3v) is 4.00. The number of rotatable bonds is 2. The van der Waals surface area contributed by atoms with Gasteiger partial charge in [0.1, 0.15) is 0 Å². The van der Waals surface area contributed by atoms with Crippen molar-refractivity contribution in [1.82, 2.24) is 4.90 Å². The fraction of sp³-hybridized carbons (Fsp3) is 0.571. The van der Waals surface area contributed by atoms with Crippen LogP contribution in [0.5, 0.6) is 0 Å². The standard InChI is InChI=1S/C14H21ClN2/c1-11-5-3-7-13(14(11)15)16-12-6-4-9-17(2)10-8-12/h3,5,7,12,16H,4,6,8-10H2,1-2H3. The summed E-state index contributed by atoms with van der Waals surface area (Å²) in [6, 6.07) is 6.74. The van der Waals surface area contributed by atoms with Crippen molar-refractivity contribution in [2.24, 2.45) is 0 Å². The van der Waals surface area contributed by atoms with E-state index in [0.717, 1.165) is 16.3 Å². The van der Waals surface area contributed by atoms with Gasteiger partial charge in [-0.25, -0.2) is 0 Å². The normalized spacial score (nSPS) is 22.2. The lowest BCUT2D eigenvalue weighted by Crippen LogP contribution is -2.23. The van der Waals surface area contributed by atoms with Gasteiger partial charge in [-0.2, -0.15) is 0 Å². The Morgan fingerprint density at radius 2 is 2.12 bits per heavy atom. The zero-order chi connectivity index (χ0) is 12.3. The molecule has 1 aromatic carbocycles. The van der Waals surface area contributed by atoms with Gasteiger partial charge in [0.05, 0.1) is 10.7 Å². The van der Waals surface area contributed by atoms with Crippen LogP contribution in [0, 0.1) is 6.92 Å². The van der Waals surface area contributed by atoms with E-state index in [1.807, 2.05) is 13.0 Å². The summed E-state index contributed by atoms with van der Waals surface area (Å²) >= 11 is 6.31. The number of halogens is 1. The third kappa shape index (κ3) is 3.36. The SMILES string of the molecule is Cc1cccc(NC2CCCN(C)CC2)c1Cl. The summed E-state index contributed by atoms with van der Waals surface area (Å²) in [7, 11) is 2.20. The van der Waals surface area contributed by atoms with Crippen molar-refractivity contribution in [1.29, 1.82) is 0 Å². The molecule has 1 aromatic rings. The zero-order valence-electron chi connectivity index (χ0n) is 10.7. The summed E-state index contributed by atoms with van der Waals surface area (Å²) in [4.78, 5) is 2.40. The maximum absolute atomic E-state index is 6.31. The number of anilines is 1. The summed E-state index contributed by atoms with van der Waals surface area (Å²) in [6.45, 7) is 4.43. The van der Waals surface area contributed by atoms with Gasteiger partial charge in [-0.1, -0.05) is 23.7 Å². The van der Waals surface area contributed by atoms with E-state index in [0.29, 0.717) is 6.04 Å². The minimum Gasteiger partial charge on any atom is -0.381 e. The molecule has 0 aliphatic carbocycles. The molecule has 94 valence electrons. The molecule has 1 aliphatic heterocycles. The number of hydrogen-bond donors (Lipinski definition) is 1. The Morgan fingerprint density at radius 3 is 2.94 bits per heavy atom. The van der Waals surface area contributed by atoms with E-state index in [9.17, 15) is 0 Å². The lowest BCUT2D eigenvalue weighted by Gasteiger charge is -2.19. The van der Waals surface area contributed by atoms with Crippen molar-refractivity contribution < 1.29 is 0 Å². The number of hydrogen-bond acceptors (Lipinski definition) is 2. The Balaban J connectivity index is 2.02. The topological polar surface area (TPSA) is 15.3 Å². The lowest BCUT2D eigenvalue weighted by atomic mass is 10.1. The smallest absolute Gasteiger partial charge is 0.0666 e. The fourth-order valence-electron chi connectivity index (χ4n) is 2.36. The first-order valence-corrected chi connectivity index (χ1v) is 6.75. The molecule has 1 aliphatic rings.